The van der Waals surface area contributed by atoms with Crippen LogP contribution in [0.1, 0.15) is 48.1 Å². The summed E-state index contributed by atoms with van der Waals surface area (Å²) in [7, 11) is 1.77. The van der Waals surface area contributed by atoms with Crippen molar-refractivity contribution in [3.8, 4) is 0 Å². The zero-order valence-corrected chi connectivity index (χ0v) is 22.4. The van der Waals surface area contributed by atoms with Crippen LogP contribution in [0, 0.1) is 0 Å². The van der Waals surface area contributed by atoms with Crippen LogP contribution in [0.2, 0.25) is 5.02 Å². The summed E-state index contributed by atoms with van der Waals surface area (Å²) in [5.74, 6) is 0.704. The topological polar surface area (TPSA) is 51.4 Å². The van der Waals surface area contributed by atoms with E-state index in [1.165, 1.54) is 27.8 Å². The highest BCUT2D eigenvalue weighted by molar-refractivity contribution is 9.10. The third kappa shape index (κ3) is 6.03. The Morgan fingerprint density at radius 3 is 2.88 bits per heavy atom. The molecule has 4 rings (SSSR count). The Labute approximate surface area is 216 Å². The van der Waals surface area contributed by atoms with Gasteiger partial charge in [0.15, 0.2) is 0 Å². The van der Waals surface area contributed by atoms with Gasteiger partial charge >= 0.3 is 0 Å². The molecule has 1 aromatic heterocycles. The summed E-state index contributed by atoms with van der Waals surface area (Å²) in [6.07, 6.45) is 8.05. The van der Waals surface area contributed by atoms with Gasteiger partial charge in [0, 0.05) is 65.9 Å². The molecule has 2 aliphatic rings. The van der Waals surface area contributed by atoms with Crippen molar-refractivity contribution in [1.82, 2.24) is 9.88 Å². The lowest BCUT2D eigenvalue weighted by Gasteiger charge is -2.39. The maximum absolute atomic E-state index is 6.40. The van der Waals surface area contributed by atoms with Gasteiger partial charge in [0.05, 0.1) is 5.69 Å². The van der Waals surface area contributed by atoms with E-state index in [-0.39, 0.29) is 6.04 Å². The Kier molecular flexibility index (Phi) is 8.93. The van der Waals surface area contributed by atoms with Crippen molar-refractivity contribution >= 4 is 45.7 Å². The van der Waals surface area contributed by atoms with Gasteiger partial charge in [-0.3, -0.25) is 9.88 Å². The van der Waals surface area contributed by atoms with E-state index in [1.807, 2.05) is 12.3 Å². The van der Waals surface area contributed by atoms with Gasteiger partial charge in [0.25, 0.3) is 0 Å². The number of fused-ring (bicyclic) bond motifs is 2. The number of aryl methyl sites for hydroxylation is 2. The normalized spacial score (nSPS) is 21.9. The summed E-state index contributed by atoms with van der Waals surface area (Å²) >= 11 is 14.4. The molecule has 178 valence electrons. The molecular formula is C26H33BrClN3OS. The van der Waals surface area contributed by atoms with Gasteiger partial charge in [-0.05, 0) is 89.3 Å². The van der Waals surface area contributed by atoms with Gasteiger partial charge in [-0.2, -0.15) is 12.6 Å². The van der Waals surface area contributed by atoms with E-state index in [0.717, 1.165) is 73.4 Å². The first-order valence-corrected chi connectivity index (χ1v) is 13.6. The summed E-state index contributed by atoms with van der Waals surface area (Å²) in [5.41, 5.74) is 14.1. The summed E-state index contributed by atoms with van der Waals surface area (Å²) in [6.45, 7) is 2.68. The standard InChI is InChI=1S/C26H33BrClN3OS/c1-32-10-2-3-23-13-18(8-9-31(23)15-22(29)16-33)25-24-7-6-21(28)12-17(24)4-5-19-11-20(27)14-30-26(19)25/h6-7,11-12,14,22-23,33H,2-5,8-10,13,15-16,29H2,1H3/b25-18-/t22?,23-/m0/s1. The SMILES string of the molecule is COCCC[C@H]1C/C(=C2/c3ccc(Cl)cc3CCc3cc(Br)cnc32)CCN1CC(N)CS. The molecule has 2 atom stereocenters. The number of thiol groups is 1. The first-order chi connectivity index (χ1) is 16.0. The minimum Gasteiger partial charge on any atom is -0.385 e. The molecule has 0 saturated carbocycles. The number of halogens is 2. The molecule has 1 unspecified atom stereocenters. The molecule has 33 heavy (non-hydrogen) atoms. The Balaban J connectivity index is 1.76. The van der Waals surface area contributed by atoms with Gasteiger partial charge in [-0.15, -0.1) is 0 Å². The predicted molar refractivity (Wildman–Crippen MR) is 144 cm³/mol. The minimum atomic E-state index is 0.0907. The molecule has 1 aromatic carbocycles. The molecule has 0 spiro atoms. The number of methoxy groups -OCH3 is 1. The van der Waals surface area contributed by atoms with Gasteiger partial charge in [0.1, 0.15) is 0 Å². The van der Waals surface area contributed by atoms with E-state index < -0.39 is 0 Å². The molecule has 1 aliphatic carbocycles. The number of hydrogen-bond donors (Lipinski definition) is 2. The van der Waals surface area contributed by atoms with Crippen LogP contribution in [0.15, 0.2) is 40.5 Å². The Bertz CT molecular complexity index is 960. The lowest BCUT2D eigenvalue weighted by Crippen LogP contribution is -2.47. The zero-order valence-electron chi connectivity index (χ0n) is 19.2. The summed E-state index contributed by atoms with van der Waals surface area (Å²) in [4.78, 5) is 7.50. The van der Waals surface area contributed by atoms with Gasteiger partial charge in [0.2, 0.25) is 0 Å². The number of ether oxygens (including phenoxy) is 1. The molecule has 0 radical (unpaired) electrons. The fourth-order valence-electron chi connectivity index (χ4n) is 5.22. The van der Waals surface area contributed by atoms with Crippen molar-refractivity contribution in [2.24, 2.45) is 5.73 Å². The fraction of sp³-hybridized carbons (Fsp3) is 0.500. The number of aromatic nitrogens is 1. The monoisotopic (exact) mass is 549 g/mol. The number of nitrogens with two attached hydrogens (primary N) is 1. The van der Waals surface area contributed by atoms with Crippen LogP contribution in [0.5, 0.6) is 0 Å². The smallest absolute Gasteiger partial charge is 0.0740 e. The molecule has 2 aromatic rings. The van der Waals surface area contributed by atoms with Crippen molar-refractivity contribution in [3.63, 3.8) is 0 Å². The van der Waals surface area contributed by atoms with E-state index >= 15 is 0 Å². The van der Waals surface area contributed by atoms with E-state index in [1.54, 1.807) is 7.11 Å². The molecule has 0 bridgehead atoms. The maximum atomic E-state index is 6.40. The number of benzene rings is 1. The zero-order chi connectivity index (χ0) is 23.4. The third-order valence-corrected chi connectivity index (χ3v) is 7.95. The van der Waals surface area contributed by atoms with Crippen LogP contribution < -0.4 is 5.73 Å². The van der Waals surface area contributed by atoms with Crippen LogP contribution >= 0.6 is 40.2 Å². The second-order valence-electron chi connectivity index (χ2n) is 9.12. The number of piperidine rings is 1. The van der Waals surface area contributed by atoms with Crippen molar-refractivity contribution in [3.05, 3.63) is 67.9 Å². The quantitative estimate of drug-likeness (QED) is 0.351. The third-order valence-electron chi connectivity index (χ3n) is 6.81. The minimum absolute atomic E-state index is 0.0907. The van der Waals surface area contributed by atoms with Crippen LogP contribution in [0.25, 0.3) is 5.57 Å². The summed E-state index contributed by atoms with van der Waals surface area (Å²) in [5, 5.41) is 0.797. The van der Waals surface area contributed by atoms with Crippen molar-refractivity contribution in [2.75, 3.05) is 32.6 Å². The molecule has 2 N–H and O–H groups in total. The first-order valence-electron chi connectivity index (χ1n) is 11.7. The van der Waals surface area contributed by atoms with E-state index in [2.05, 4.69) is 51.7 Å². The lowest BCUT2D eigenvalue weighted by molar-refractivity contribution is 0.136. The van der Waals surface area contributed by atoms with Crippen LogP contribution in [0.4, 0.5) is 0 Å². The number of nitrogens with zero attached hydrogens (tertiary/aromatic N) is 2. The fourth-order valence-corrected chi connectivity index (χ4v) is 5.90. The van der Waals surface area contributed by atoms with Crippen molar-refractivity contribution < 1.29 is 4.74 Å². The van der Waals surface area contributed by atoms with Crippen molar-refractivity contribution in [1.29, 1.82) is 0 Å². The van der Waals surface area contributed by atoms with Crippen LogP contribution in [-0.2, 0) is 17.6 Å². The number of pyridine rings is 1. The summed E-state index contributed by atoms with van der Waals surface area (Å²) < 4.78 is 6.38. The predicted octanol–water partition coefficient (Wildman–Crippen LogP) is 5.55. The highest BCUT2D eigenvalue weighted by Crippen LogP contribution is 2.40. The van der Waals surface area contributed by atoms with E-state index in [4.69, 9.17) is 27.1 Å². The van der Waals surface area contributed by atoms with Crippen LogP contribution in [0.3, 0.4) is 0 Å². The number of hydrogen-bond acceptors (Lipinski definition) is 5. The van der Waals surface area contributed by atoms with Gasteiger partial charge in [-0.25, -0.2) is 0 Å². The molecule has 0 amide bonds. The second kappa shape index (κ2) is 11.7. The largest absolute Gasteiger partial charge is 0.385 e. The molecule has 4 nitrogen and oxygen atoms in total. The number of rotatable bonds is 7. The van der Waals surface area contributed by atoms with E-state index in [9.17, 15) is 0 Å². The molecule has 1 fully saturated rings. The van der Waals surface area contributed by atoms with Crippen LogP contribution in [-0.4, -0.2) is 54.5 Å². The van der Waals surface area contributed by atoms with Gasteiger partial charge < -0.3 is 10.5 Å². The molecule has 2 heterocycles. The maximum Gasteiger partial charge on any atom is 0.0740 e. The molecule has 7 heteroatoms. The second-order valence-corrected chi connectivity index (χ2v) is 10.8. The average Bonchev–Trinajstić information content (AvgIpc) is 2.96. The molecule has 1 aliphatic heterocycles. The highest BCUT2D eigenvalue weighted by Gasteiger charge is 2.30. The molecular weight excluding hydrogens is 518 g/mol. The van der Waals surface area contributed by atoms with E-state index in [0.29, 0.717) is 11.8 Å². The Hall–Kier alpha value is -0.890. The number of likely N-dealkylation sites (tertiary alicyclic amines) is 1. The molecule has 1 saturated heterocycles. The lowest BCUT2D eigenvalue weighted by atomic mass is 9.85. The average molecular weight is 551 g/mol. The Morgan fingerprint density at radius 2 is 2.09 bits per heavy atom. The first kappa shape index (κ1) is 25.2. The van der Waals surface area contributed by atoms with Crippen molar-refractivity contribution in [2.45, 2.75) is 50.6 Å². The highest BCUT2D eigenvalue weighted by atomic mass is 79.9. The summed E-state index contributed by atoms with van der Waals surface area (Å²) in [6, 6.07) is 9.11. The Morgan fingerprint density at radius 1 is 1.27 bits per heavy atom. The van der Waals surface area contributed by atoms with Gasteiger partial charge in [-0.1, -0.05) is 23.2 Å².